The summed E-state index contributed by atoms with van der Waals surface area (Å²) in [7, 11) is 0. The van der Waals surface area contributed by atoms with Crippen LogP contribution in [-0.2, 0) is 27.8 Å². The minimum absolute atomic E-state index is 0.288. The SMILES string of the molecule is CC1(C)C(=O)Cc2cc(Cc3nc4c(N5CCC6(COC6)C5)nccn4n3)ccc21. The van der Waals surface area contributed by atoms with Crippen molar-refractivity contribution in [2.45, 2.75) is 38.5 Å². The van der Waals surface area contributed by atoms with Gasteiger partial charge in [0, 0.05) is 49.2 Å². The van der Waals surface area contributed by atoms with E-state index in [-0.39, 0.29) is 11.2 Å². The van der Waals surface area contributed by atoms with Crippen molar-refractivity contribution in [3.05, 3.63) is 53.1 Å². The molecule has 0 N–H and O–H groups in total. The van der Waals surface area contributed by atoms with E-state index in [0.29, 0.717) is 18.3 Å². The first-order valence-electron chi connectivity index (χ1n) is 10.6. The van der Waals surface area contributed by atoms with Gasteiger partial charge in [-0.25, -0.2) is 14.5 Å². The van der Waals surface area contributed by atoms with E-state index >= 15 is 0 Å². The highest BCUT2D eigenvalue weighted by atomic mass is 16.5. The van der Waals surface area contributed by atoms with Crippen LogP contribution in [0.4, 0.5) is 5.82 Å². The van der Waals surface area contributed by atoms with E-state index in [4.69, 9.17) is 14.8 Å². The summed E-state index contributed by atoms with van der Waals surface area (Å²) in [4.78, 5) is 24.1. The maximum absolute atomic E-state index is 12.3. The molecule has 2 aromatic heterocycles. The first-order chi connectivity index (χ1) is 14.4. The van der Waals surface area contributed by atoms with Gasteiger partial charge in [-0.2, -0.15) is 5.10 Å². The zero-order valence-electron chi connectivity index (χ0n) is 17.4. The number of fused-ring (bicyclic) bond motifs is 2. The van der Waals surface area contributed by atoms with Crippen molar-refractivity contribution in [3.8, 4) is 0 Å². The molecule has 0 amide bonds. The second kappa shape index (κ2) is 6.11. The average molecular weight is 403 g/mol. The number of ketones is 1. The molecule has 4 heterocycles. The molecule has 1 spiro atoms. The van der Waals surface area contributed by atoms with Gasteiger partial charge >= 0.3 is 0 Å². The van der Waals surface area contributed by atoms with Gasteiger partial charge in [0.15, 0.2) is 17.3 Å². The van der Waals surface area contributed by atoms with E-state index in [0.717, 1.165) is 66.7 Å². The van der Waals surface area contributed by atoms with Crippen LogP contribution >= 0.6 is 0 Å². The van der Waals surface area contributed by atoms with Gasteiger partial charge in [-0.3, -0.25) is 4.79 Å². The number of ether oxygens (including phenoxy) is 1. The van der Waals surface area contributed by atoms with Crippen LogP contribution < -0.4 is 4.90 Å². The van der Waals surface area contributed by atoms with Crippen LogP contribution in [0.2, 0.25) is 0 Å². The number of rotatable bonds is 3. The van der Waals surface area contributed by atoms with Gasteiger partial charge < -0.3 is 9.64 Å². The van der Waals surface area contributed by atoms with Gasteiger partial charge in [-0.05, 0) is 37.0 Å². The largest absolute Gasteiger partial charge is 0.380 e. The maximum Gasteiger partial charge on any atom is 0.198 e. The van der Waals surface area contributed by atoms with Crippen LogP contribution in [0.25, 0.3) is 5.65 Å². The fourth-order valence-corrected chi connectivity index (χ4v) is 5.13. The van der Waals surface area contributed by atoms with Crippen molar-refractivity contribution in [3.63, 3.8) is 0 Å². The zero-order chi connectivity index (χ0) is 20.5. The number of hydrogen-bond donors (Lipinski definition) is 0. The summed E-state index contributed by atoms with van der Waals surface area (Å²) in [5.41, 5.74) is 4.15. The van der Waals surface area contributed by atoms with Crippen LogP contribution in [-0.4, -0.2) is 51.7 Å². The predicted octanol–water partition coefficient (Wildman–Crippen LogP) is 2.34. The fraction of sp³-hybridized carbons (Fsp3) is 0.478. The molecule has 3 aromatic rings. The van der Waals surface area contributed by atoms with Crippen LogP contribution in [0.1, 0.15) is 42.8 Å². The van der Waals surface area contributed by atoms with Crippen molar-refractivity contribution < 1.29 is 9.53 Å². The Labute approximate surface area is 175 Å². The molecule has 2 fully saturated rings. The molecule has 6 rings (SSSR count). The zero-order valence-corrected chi connectivity index (χ0v) is 17.4. The molecule has 0 bridgehead atoms. The molecule has 1 aliphatic carbocycles. The van der Waals surface area contributed by atoms with Crippen LogP contribution in [0.5, 0.6) is 0 Å². The van der Waals surface area contributed by atoms with E-state index in [9.17, 15) is 4.79 Å². The standard InChI is InChI=1S/C23H25N5O2/c1-22(2)17-4-3-15(9-16(17)11-18(22)29)10-19-25-21-20(24-6-8-28(21)26-19)27-7-5-23(12-27)13-30-14-23/h3-4,6,8-9H,5,7,10-14H2,1-2H3. The first kappa shape index (κ1) is 18.0. The van der Waals surface area contributed by atoms with Crippen molar-refractivity contribution in [2.24, 2.45) is 5.41 Å². The highest BCUT2D eigenvalue weighted by Crippen LogP contribution is 2.39. The molecule has 0 atom stereocenters. The Bertz CT molecular complexity index is 1180. The number of aromatic nitrogens is 4. The number of carbonyl (C=O) groups is 1. The number of benzene rings is 1. The molecule has 0 saturated carbocycles. The minimum atomic E-state index is -0.381. The van der Waals surface area contributed by atoms with Gasteiger partial charge in [0.05, 0.1) is 13.2 Å². The number of nitrogens with zero attached hydrogens (tertiary/aromatic N) is 5. The third-order valence-electron chi connectivity index (χ3n) is 7.09. The Hall–Kier alpha value is -2.80. The summed E-state index contributed by atoms with van der Waals surface area (Å²) in [6.07, 6.45) is 5.95. The number of anilines is 1. The average Bonchev–Trinajstić information content (AvgIpc) is 3.36. The molecule has 3 aliphatic rings. The molecule has 2 saturated heterocycles. The van der Waals surface area contributed by atoms with E-state index in [1.807, 2.05) is 24.6 Å². The second-order valence-electron chi connectivity index (χ2n) is 9.60. The van der Waals surface area contributed by atoms with Gasteiger partial charge in [-0.1, -0.05) is 18.2 Å². The lowest BCUT2D eigenvalue weighted by molar-refractivity contribution is -0.121. The minimum Gasteiger partial charge on any atom is -0.380 e. The van der Waals surface area contributed by atoms with Crippen LogP contribution in [0, 0.1) is 5.41 Å². The Morgan fingerprint density at radius 2 is 2.10 bits per heavy atom. The summed E-state index contributed by atoms with van der Waals surface area (Å²) in [6, 6.07) is 6.35. The maximum atomic E-state index is 12.3. The Balaban J connectivity index is 1.29. The number of hydrogen-bond acceptors (Lipinski definition) is 6. The van der Waals surface area contributed by atoms with E-state index in [1.54, 1.807) is 6.20 Å². The van der Waals surface area contributed by atoms with Gasteiger partial charge in [0.1, 0.15) is 5.78 Å². The molecule has 1 aromatic carbocycles. The molecular formula is C23H25N5O2. The normalized spacial score (nSPS) is 21.4. The van der Waals surface area contributed by atoms with E-state index in [1.165, 1.54) is 0 Å². The summed E-state index contributed by atoms with van der Waals surface area (Å²) in [6.45, 7) is 7.67. The molecule has 0 unspecified atom stereocenters. The lowest BCUT2D eigenvalue weighted by atomic mass is 9.85. The molecule has 7 nitrogen and oxygen atoms in total. The first-order valence-corrected chi connectivity index (χ1v) is 10.6. The predicted molar refractivity (Wildman–Crippen MR) is 112 cm³/mol. The van der Waals surface area contributed by atoms with Gasteiger partial charge in [-0.15, -0.1) is 0 Å². The van der Waals surface area contributed by atoms with Gasteiger partial charge in [0.2, 0.25) is 0 Å². The second-order valence-corrected chi connectivity index (χ2v) is 9.60. The van der Waals surface area contributed by atoms with Crippen molar-refractivity contribution in [2.75, 3.05) is 31.2 Å². The molecule has 154 valence electrons. The quantitative estimate of drug-likeness (QED) is 0.668. The molecule has 30 heavy (non-hydrogen) atoms. The highest BCUT2D eigenvalue weighted by molar-refractivity contribution is 5.95. The lowest BCUT2D eigenvalue weighted by Gasteiger charge is -2.37. The van der Waals surface area contributed by atoms with E-state index in [2.05, 4.69) is 28.1 Å². The van der Waals surface area contributed by atoms with Crippen LogP contribution in [0.3, 0.4) is 0 Å². The third kappa shape index (κ3) is 2.61. The van der Waals surface area contributed by atoms with Gasteiger partial charge in [0.25, 0.3) is 0 Å². The Kier molecular flexibility index (Phi) is 3.67. The molecule has 7 heteroatoms. The van der Waals surface area contributed by atoms with Crippen molar-refractivity contribution in [1.82, 2.24) is 19.6 Å². The van der Waals surface area contributed by atoms with E-state index < -0.39 is 0 Å². The highest BCUT2D eigenvalue weighted by Gasteiger charge is 2.45. The van der Waals surface area contributed by atoms with Crippen molar-refractivity contribution in [1.29, 1.82) is 0 Å². The van der Waals surface area contributed by atoms with Crippen molar-refractivity contribution >= 4 is 17.2 Å². The number of carbonyl (C=O) groups excluding carboxylic acids is 1. The summed E-state index contributed by atoms with van der Waals surface area (Å²) in [5, 5.41) is 4.69. The fourth-order valence-electron chi connectivity index (χ4n) is 5.13. The Morgan fingerprint density at radius 1 is 1.23 bits per heavy atom. The molecule has 2 aliphatic heterocycles. The molecular weight excluding hydrogens is 378 g/mol. The monoisotopic (exact) mass is 403 g/mol. The van der Waals surface area contributed by atoms with Crippen LogP contribution in [0.15, 0.2) is 30.6 Å². The Morgan fingerprint density at radius 3 is 2.87 bits per heavy atom. The molecule has 0 radical (unpaired) electrons. The summed E-state index contributed by atoms with van der Waals surface area (Å²) in [5.74, 6) is 1.96. The lowest BCUT2D eigenvalue weighted by Crippen LogP contribution is -2.44. The smallest absolute Gasteiger partial charge is 0.198 e. The summed E-state index contributed by atoms with van der Waals surface area (Å²) < 4.78 is 7.29. The third-order valence-corrected chi connectivity index (χ3v) is 7.09. The topological polar surface area (TPSA) is 72.6 Å². The number of Topliss-reactive ketones (excluding diaryl/α,β-unsaturated/α-hetero) is 1. The summed E-state index contributed by atoms with van der Waals surface area (Å²) >= 11 is 0.